The van der Waals surface area contributed by atoms with Crippen molar-refractivity contribution in [2.24, 2.45) is 0 Å². The molecular weight excluding hydrogens is 264 g/mol. The molecule has 0 spiro atoms. The van der Waals surface area contributed by atoms with Crippen LogP contribution in [0.2, 0.25) is 0 Å². The maximum Gasteiger partial charge on any atom is 0.0741 e. The van der Waals surface area contributed by atoms with Crippen molar-refractivity contribution in [3.8, 4) is 5.69 Å². The van der Waals surface area contributed by atoms with Crippen LogP contribution in [0.4, 0.5) is 0 Å². The van der Waals surface area contributed by atoms with E-state index in [0.717, 1.165) is 21.1 Å². The van der Waals surface area contributed by atoms with Gasteiger partial charge in [-0.2, -0.15) is 5.10 Å². The Morgan fingerprint density at radius 2 is 1.81 bits per heavy atom. The van der Waals surface area contributed by atoms with Crippen LogP contribution < -0.4 is 0 Å². The van der Waals surface area contributed by atoms with Crippen LogP contribution in [0.3, 0.4) is 0 Å². The molecule has 0 saturated carbocycles. The first kappa shape index (κ1) is 9.60. The first-order chi connectivity index (χ1) is 7.84. The van der Waals surface area contributed by atoms with Gasteiger partial charge in [0.1, 0.15) is 0 Å². The smallest absolute Gasteiger partial charge is 0.0741 e. The van der Waals surface area contributed by atoms with Gasteiger partial charge >= 0.3 is 0 Å². The standard InChI is InChI=1S/C13H9BrN2/c14-11-6-7-13-10(8-11)9-15-16(13)12-4-2-1-3-5-12/h1-9H. The second-order valence-electron chi connectivity index (χ2n) is 3.60. The van der Waals surface area contributed by atoms with Crippen molar-refractivity contribution < 1.29 is 0 Å². The van der Waals surface area contributed by atoms with E-state index in [1.807, 2.05) is 35.1 Å². The van der Waals surface area contributed by atoms with Gasteiger partial charge in [-0.1, -0.05) is 34.1 Å². The number of hydrogen-bond donors (Lipinski definition) is 0. The molecule has 0 fully saturated rings. The van der Waals surface area contributed by atoms with E-state index in [1.54, 1.807) is 0 Å². The summed E-state index contributed by atoms with van der Waals surface area (Å²) in [7, 11) is 0. The van der Waals surface area contributed by atoms with Gasteiger partial charge in [-0.3, -0.25) is 0 Å². The first-order valence-corrected chi connectivity index (χ1v) is 5.82. The number of halogens is 1. The van der Waals surface area contributed by atoms with E-state index in [0.29, 0.717) is 0 Å². The molecule has 0 N–H and O–H groups in total. The topological polar surface area (TPSA) is 17.8 Å². The van der Waals surface area contributed by atoms with Crippen molar-refractivity contribution in [2.75, 3.05) is 0 Å². The summed E-state index contributed by atoms with van der Waals surface area (Å²) in [6, 6.07) is 16.3. The summed E-state index contributed by atoms with van der Waals surface area (Å²) in [5, 5.41) is 5.54. The minimum Gasteiger partial charge on any atom is -0.233 e. The van der Waals surface area contributed by atoms with Crippen molar-refractivity contribution in [1.29, 1.82) is 0 Å². The minimum atomic E-state index is 1.08. The predicted octanol–water partition coefficient (Wildman–Crippen LogP) is 3.79. The third-order valence-corrected chi connectivity index (χ3v) is 3.02. The van der Waals surface area contributed by atoms with Crippen molar-refractivity contribution >= 4 is 26.8 Å². The number of fused-ring (bicyclic) bond motifs is 1. The van der Waals surface area contributed by atoms with E-state index >= 15 is 0 Å². The number of rotatable bonds is 1. The van der Waals surface area contributed by atoms with Gasteiger partial charge in [0.2, 0.25) is 0 Å². The fourth-order valence-corrected chi connectivity index (χ4v) is 2.16. The van der Waals surface area contributed by atoms with Gasteiger partial charge in [0.15, 0.2) is 0 Å². The molecule has 0 aliphatic carbocycles. The summed E-state index contributed by atoms with van der Waals surface area (Å²) in [4.78, 5) is 0. The summed E-state index contributed by atoms with van der Waals surface area (Å²) in [6.07, 6.45) is 1.88. The summed E-state index contributed by atoms with van der Waals surface area (Å²) in [6.45, 7) is 0. The van der Waals surface area contributed by atoms with Gasteiger partial charge in [-0.25, -0.2) is 4.68 Å². The molecule has 0 saturated heterocycles. The molecule has 1 aromatic heterocycles. The van der Waals surface area contributed by atoms with Crippen molar-refractivity contribution in [2.45, 2.75) is 0 Å². The molecule has 0 aliphatic heterocycles. The Kier molecular flexibility index (Phi) is 2.26. The van der Waals surface area contributed by atoms with Crippen molar-refractivity contribution in [3.05, 3.63) is 59.2 Å². The average Bonchev–Trinajstić information content (AvgIpc) is 2.73. The number of nitrogens with zero attached hydrogens (tertiary/aromatic N) is 2. The van der Waals surface area contributed by atoms with Crippen LogP contribution >= 0.6 is 15.9 Å². The lowest BCUT2D eigenvalue weighted by atomic mass is 10.2. The quantitative estimate of drug-likeness (QED) is 0.659. The second kappa shape index (κ2) is 3.76. The van der Waals surface area contributed by atoms with Crippen LogP contribution in [-0.2, 0) is 0 Å². The van der Waals surface area contributed by atoms with Crippen molar-refractivity contribution in [3.63, 3.8) is 0 Å². The Bertz CT molecular complexity index is 629. The summed E-state index contributed by atoms with van der Waals surface area (Å²) in [5.74, 6) is 0. The highest BCUT2D eigenvalue weighted by molar-refractivity contribution is 9.10. The van der Waals surface area contributed by atoms with E-state index in [4.69, 9.17) is 0 Å². The van der Waals surface area contributed by atoms with Crippen LogP contribution in [0.15, 0.2) is 59.2 Å². The van der Waals surface area contributed by atoms with Crippen LogP contribution in [0, 0.1) is 0 Å². The van der Waals surface area contributed by atoms with E-state index in [-0.39, 0.29) is 0 Å². The maximum atomic E-state index is 4.40. The average molecular weight is 273 g/mol. The SMILES string of the molecule is Brc1ccc2c(cnn2-c2ccccc2)c1. The third-order valence-electron chi connectivity index (χ3n) is 2.53. The Morgan fingerprint density at radius 3 is 2.62 bits per heavy atom. The van der Waals surface area contributed by atoms with Crippen molar-refractivity contribution in [1.82, 2.24) is 9.78 Å². The molecule has 16 heavy (non-hydrogen) atoms. The van der Waals surface area contributed by atoms with Gasteiger partial charge < -0.3 is 0 Å². The lowest BCUT2D eigenvalue weighted by molar-refractivity contribution is 0.911. The molecule has 3 aromatic rings. The lowest BCUT2D eigenvalue weighted by Crippen LogP contribution is -1.94. The number of aromatic nitrogens is 2. The van der Waals surface area contributed by atoms with Gasteiger partial charge in [-0.15, -0.1) is 0 Å². The molecule has 2 aromatic carbocycles. The van der Waals surface area contributed by atoms with Crippen LogP contribution in [0.25, 0.3) is 16.6 Å². The molecule has 0 amide bonds. The molecule has 1 heterocycles. The fraction of sp³-hybridized carbons (Fsp3) is 0. The molecule has 0 bridgehead atoms. The fourth-order valence-electron chi connectivity index (χ4n) is 1.78. The monoisotopic (exact) mass is 272 g/mol. The van der Waals surface area contributed by atoms with E-state index < -0.39 is 0 Å². The Morgan fingerprint density at radius 1 is 1.00 bits per heavy atom. The number of benzene rings is 2. The molecular formula is C13H9BrN2. The van der Waals surface area contributed by atoms with Gasteiger partial charge in [-0.05, 0) is 30.3 Å². The van der Waals surface area contributed by atoms with E-state index in [2.05, 4.69) is 45.3 Å². The van der Waals surface area contributed by atoms with Gasteiger partial charge in [0, 0.05) is 9.86 Å². The minimum absolute atomic E-state index is 1.08. The highest BCUT2D eigenvalue weighted by Gasteiger charge is 2.03. The normalized spacial score (nSPS) is 10.8. The zero-order valence-electron chi connectivity index (χ0n) is 8.47. The predicted molar refractivity (Wildman–Crippen MR) is 68.8 cm³/mol. The Balaban J connectivity index is 2.26. The summed E-state index contributed by atoms with van der Waals surface area (Å²) in [5.41, 5.74) is 2.20. The van der Waals surface area contributed by atoms with Gasteiger partial charge in [0.05, 0.1) is 17.4 Å². The zero-order chi connectivity index (χ0) is 11.0. The molecule has 0 atom stereocenters. The molecule has 0 unspecified atom stereocenters. The number of hydrogen-bond acceptors (Lipinski definition) is 1. The Labute approximate surface area is 102 Å². The maximum absolute atomic E-state index is 4.40. The van der Waals surface area contributed by atoms with E-state index in [1.165, 1.54) is 0 Å². The molecule has 3 heteroatoms. The highest BCUT2D eigenvalue weighted by atomic mass is 79.9. The molecule has 78 valence electrons. The first-order valence-electron chi connectivity index (χ1n) is 5.03. The summed E-state index contributed by atoms with van der Waals surface area (Å²) >= 11 is 3.46. The number of para-hydroxylation sites is 1. The Hall–Kier alpha value is -1.61. The van der Waals surface area contributed by atoms with Gasteiger partial charge in [0.25, 0.3) is 0 Å². The third kappa shape index (κ3) is 1.53. The zero-order valence-corrected chi connectivity index (χ0v) is 10.1. The van der Waals surface area contributed by atoms with Crippen LogP contribution in [-0.4, -0.2) is 9.78 Å². The van der Waals surface area contributed by atoms with Crippen LogP contribution in [0.5, 0.6) is 0 Å². The van der Waals surface area contributed by atoms with Crippen LogP contribution in [0.1, 0.15) is 0 Å². The highest BCUT2D eigenvalue weighted by Crippen LogP contribution is 2.21. The molecule has 0 radical (unpaired) electrons. The molecule has 2 nitrogen and oxygen atoms in total. The summed E-state index contributed by atoms with van der Waals surface area (Å²) < 4.78 is 3.02. The second-order valence-corrected chi connectivity index (χ2v) is 4.51. The molecule has 3 rings (SSSR count). The van der Waals surface area contributed by atoms with E-state index in [9.17, 15) is 0 Å². The largest absolute Gasteiger partial charge is 0.233 e. The lowest BCUT2D eigenvalue weighted by Gasteiger charge is -2.02. The molecule has 0 aliphatic rings.